The molecule has 0 aliphatic carbocycles. The fourth-order valence-electron chi connectivity index (χ4n) is 5.25. The quantitative estimate of drug-likeness (QED) is 0.0483. The summed E-state index contributed by atoms with van der Waals surface area (Å²) in [6, 6.07) is 12.2. The molecular formula is C40H47F3N4O9S3. The van der Waals surface area contributed by atoms with Gasteiger partial charge in [0.05, 0.1) is 44.4 Å². The van der Waals surface area contributed by atoms with Crippen LogP contribution in [0.3, 0.4) is 0 Å². The topological polar surface area (TPSA) is 185 Å². The number of anilines is 2. The number of thioether (sulfide) groups is 3. The zero-order valence-corrected chi connectivity index (χ0v) is 35.3. The van der Waals surface area contributed by atoms with Gasteiger partial charge < -0.3 is 44.9 Å². The lowest BCUT2D eigenvalue weighted by molar-refractivity contribution is -0.183. The summed E-state index contributed by atoms with van der Waals surface area (Å²) in [4.78, 5) is 34.7. The minimum absolute atomic E-state index is 0.0225. The lowest BCUT2D eigenvalue weighted by Gasteiger charge is -2.23. The van der Waals surface area contributed by atoms with Crippen LogP contribution >= 0.6 is 35.3 Å². The van der Waals surface area contributed by atoms with Gasteiger partial charge >= 0.3 is 11.5 Å². The molecule has 2 saturated heterocycles. The number of nitrogens with one attached hydrogen (secondary N) is 1. The van der Waals surface area contributed by atoms with Crippen LogP contribution in [0, 0.1) is 6.92 Å². The number of rotatable bonds is 11. The van der Waals surface area contributed by atoms with E-state index in [0.717, 1.165) is 69.0 Å². The van der Waals surface area contributed by atoms with Gasteiger partial charge in [-0.25, -0.2) is 14.8 Å². The number of aromatic hydroxyl groups is 2. The number of carbonyl (C=O) groups excluding carboxylic acids is 2. The number of aryl methyl sites for hydroxylation is 1. The van der Waals surface area contributed by atoms with Crippen LogP contribution in [-0.2, 0) is 23.7 Å². The third-order valence-electron chi connectivity index (χ3n) is 7.86. The van der Waals surface area contributed by atoms with Crippen LogP contribution < -0.4 is 11.1 Å². The normalized spacial score (nSPS) is 14.6. The number of alkyl halides is 3. The zero-order chi connectivity index (χ0) is 43.0. The number of hydrogen-bond acceptors (Lipinski definition) is 15. The van der Waals surface area contributed by atoms with E-state index < -0.39 is 11.8 Å². The van der Waals surface area contributed by atoms with Crippen molar-refractivity contribution in [1.29, 1.82) is 0 Å². The highest BCUT2D eigenvalue weighted by Crippen LogP contribution is 2.39. The van der Waals surface area contributed by atoms with E-state index in [0.29, 0.717) is 50.1 Å². The number of esters is 1. The Morgan fingerprint density at radius 1 is 0.814 bits per heavy atom. The Kier molecular flexibility index (Phi) is 18.9. The average molecular weight is 881 g/mol. The highest BCUT2D eigenvalue weighted by atomic mass is 32.2. The van der Waals surface area contributed by atoms with Gasteiger partial charge in [-0.1, -0.05) is 19.9 Å². The van der Waals surface area contributed by atoms with Crippen molar-refractivity contribution in [2.24, 2.45) is 0 Å². The van der Waals surface area contributed by atoms with Crippen molar-refractivity contribution in [2.45, 2.75) is 73.3 Å². The van der Waals surface area contributed by atoms with E-state index >= 15 is 0 Å². The smallest absolute Gasteiger partial charge is 0.446 e. The van der Waals surface area contributed by atoms with Crippen molar-refractivity contribution in [3.8, 4) is 11.5 Å². The zero-order valence-electron chi connectivity index (χ0n) is 32.9. The Bertz CT molecular complexity index is 2000. The largest absolute Gasteiger partial charge is 0.506 e. The number of benzene rings is 2. The van der Waals surface area contributed by atoms with Gasteiger partial charge in [0.1, 0.15) is 17.2 Å². The van der Waals surface area contributed by atoms with Gasteiger partial charge in [-0.15, -0.1) is 23.5 Å². The van der Waals surface area contributed by atoms with Gasteiger partial charge in [0.15, 0.2) is 18.3 Å². The summed E-state index contributed by atoms with van der Waals surface area (Å²) in [5, 5.41) is 21.6. The molecule has 0 spiro atoms. The lowest BCUT2D eigenvalue weighted by atomic mass is 10.2. The van der Waals surface area contributed by atoms with E-state index in [1.54, 1.807) is 49.3 Å². The molecule has 2 fully saturated rings. The van der Waals surface area contributed by atoms with Crippen LogP contribution in [-0.4, -0.2) is 82.1 Å². The maximum absolute atomic E-state index is 12.7. The van der Waals surface area contributed by atoms with Crippen molar-refractivity contribution in [3.05, 3.63) is 89.0 Å². The number of nitrogen functional groups attached to an aromatic ring is 1. The summed E-state index contributed by atoms with van der Waals surface area (Å²) in [6.45, 7) is 10.7. The Hall–Kier alpha value is -4.24. The number of aromatic nitrogens is 2. The molecule has 4 heterocycles. The first-order chi connectivity index (χ1) is 28.2. The molecule has 2 aliphatic heterocycles. The third-order valence-corrected chi connectivity index (χ3v) is 10.4. The number of amides is 1. The fraction of sp³-hybridized carbons (Fsp3) is 0.400. The molecule has 13 nitrogen and oxygen atoms in total. The van der Waals surface area contributed by atoms with Gasteiger partial charge in [0.2, 0.25) is 0 Å². The van der Waals surface area contributed by atoms with Crippen molar-refractivity contribution in [3.63, 3.8) is 0 Å². The second kappa shape index (κ2) is 23.5. The number of phenolic OH excluding ortho intramolecular Hbond substituents is 2. The molecule has 0 atom stereocenters. The van der Waals surface area contributed by atoms with Crippen LogP contribution in [0.4, 0.5) is 24.5 Å². The fourth-order valence-corrected chi connectivity index (χ4v) is 7.46. The number of nitrogens with zero attached hydrogens (tertiary/aromatic N) is 2. The monoisotopic (exact) mass is 880 g/mol. The van der Waals surface area contributed by atoms with E-state index in [1.165, 1.54) is 11.8 Å². The molecule has 0 saturated carbocycles. The molecule has 2 aromatic carbocycles. The maximum Gasteiger partial charge on any atom is 0.446 e. The van der Waals surface area contributed by atoms with Crippen LogP contribution in [0.25, 0.3) is 0 Å². The number of carbonyl (C=O) groups is 2. The molecule has 320 valence electrons. The number of pyridine rings is 2. The molecule has 6 rings (SSSR count). The Morgan fingerprint density at radius 2 is 1.34 bits per heavy atom. The Morgan fingerprint density at radius 3 is 1.85 bits per heavy atom. The van der Waals surface area contributed by atoms with E-state index in [1.807, 2.05) is 32.9 Å². The minimum Gasteiger partial charge on any atom is -0.506 e. The first-order valence-electron chi connectivity index (χ1n) is 18.6. The third kappa shape index (κ3) is 15.1. The maximum atomic E-state index is 12.7. The predicted octanol–water partition coefficient (Wildman–Crippen LogP) is 9.29. The summed E-state index contributed by atoms with van der Waals surface area (Å²) < 4.78 is 62.9. The average Bonchev–Trinajstić information content (AvgIpc) is 3.21. The summed E-state index contributed by atoms with van der Waals surface area (Å²) in [6.07, 6.45) is 4.19. The van der Waals surface area contributed by atoms with Gasteiger partial charge in [-0.3, -0.25) is 4.79 Å². The molecule has 1 amide bonds. The van der Waals surface area contributed by atoms with E-state index in [4.69, 9.17) is 34.5 Å². The van der Waals surface area contributed by atoms with Gasteiger partial charge in [0, 0.05) is 38.2 Å². The molecule has 59 heavy (non-hydrogen) atoms. The molecule has 2 aromatic heterocycles. The Balaban J connectivity index is 0.000000207. The van der Waals surface area contributed by atoms with Gasteiger partial charge in [-0.05, 0) is 98.0 Å². The molecular weight excluding hydrogens is 834 g/mol. The SMILES string of the molecule is CCOC(=O)c1ncc(C2OCCCO2)cc1SCC.CCSc1cc(C2OCCCO2)cnc1C(=O)Nc1cc(C)ccc1O.Nc1cc(SC(F)(F)F)ccc1O. The highest BCUT2D eigenvalue weighted by molar-refractivity contribution is 8.00. The number of nitrogens with two attached hydrogens (primary N) is 1. The van der Waals surface area contributed by atoms with Crippen LogP contribution in [0.2, 0.25) is 0 Å². The summed E-state index contributed by atoms with van der Waals surface area (Å²) in [7, 11) is 0. The second-order valence-electron chi connectivity index (χ2n) is 12.4. The molecule has 0 unspecified atom stereocenters. The standard InChI is InChI=1S/C19H22N2O4S.C14H19NO4S.C7H6F3NOS/c1-3-26-16-10-13(19-24-7-4-8-25-19)11-20-17(16)18(23)21-14-9-12(2)5-6-15(14)22;1-3-17-13(16)12-11(20-4-2)8-10(9-15-12)14-18-6-5-7-19-14;8-7(9,10)13-4-1-2-6(12)5(11)3-4/h5-6,9-11,19,22H,3-4,7-8H2,1-2H3,(H,21,23);8-9,14H,3-7H2,1-2H3;1-3,12H,11H2. The van der Waals surface area contributed by atoms with Crippen molar-refractivity contribution in [2.75, 3.05) is 55.6 Å². The number of ether oxygens (including phenoxy) is 5. The number of phenols is 2. The van der Waals surface area contributed by atoms with Crippen LogP contribution in [0.5, 0.6) is 11.5 Å². The molecule has 0 radical (unpaired) electrons. The first kappa shape index (κ1) is 47.4. The molecule has 5 N–H and O–H groups in total. The summed E-state index contributed by atoms with van der Waals surface area (Å²) in [5.41, 5.74) is 4.45. The van der Waals surface area contributed by atoms with Crippen molar-refractivity contribution in [1.82, 2.24) is 9.97 Å². The van der Waals surface area contributed by atoms with Crippen LogP contribution in [0.1, 0.15) is 83.9 Å². The molecule has 4 aromatic rings. The van der Waals surface area contributed by atoms with E-state index in [9.17, 15) is 27.9 Å². The Labute approximate surface area is 353 Å². The summed E-state index contributed by atoms with van der Waals surface area (Å²) >= 11 is 2.82. The highest BCUT2D eigenvalue weighted by Gasteiger charge is 2.29. The van der Waals surface area contributed by atoms with Crippen molar-refractivity contribution >= 4 is 58.5 Å². The van der Waals surface area contributed by atoms with Gasteiger partial charge in [-0.2, -0.15) is 13.2 Å². The molecule has 19 heteroatoms. The summed E-state index contributed by atoms with van der Waals surface area (Å²) in [5.74, 6) is 0.706. The van der Waals surface area contributed by atoms with E-state index in [-0.39, 0.29) is 52.0 Å². The van der Waals surface area contributed by atoms with Crippen molar-refractivity contribution < 1.29 is 56.7 Å². The minimum atomic E-state index is -4.33. The number of hydrogen-bond donors (Lipinski definition) is 4. The first-order valence-corrected chi connectivity index (χ1v) is 21.4. The number of halogens is 3. The lowest BCUT2D eigenvalue weighted by Crippen LogP contribution is -2.19. The molecule has 0 bridgehead atoms. The van der Waals surface area contributed by atoms with E-state index in [2.05, 4.69) is 15.3 Å². The second-order valence-corrected chi connectivity index (χ2v) is 16.2. The van der Waals surface area contributed by atoms with Gasteiger partial charge in [0.25, 0.3) is 5.91 Å². The van der Waals surface area contributed by atoms with Crippen LogP contribution in [0.15, 0.2) is 75.6 Å². The predicted molar refractivity (Wildman–Crippen MR) is 221 cm³/mol. The molecule has 2 aliphatic rings.